The van der Waals surface area contributed by atoms with Gasteiger partial charge in [-0.3, -0.25) is 4.79 Å². The van der Waals surface area contributed by atoms with E-state index in [1.165, 1.54) is 0 Å². The summed E-state index contributed by atoms with van der Waals surface area (Å²) in [6, 6.07) is 0. The summed E-state index contributed by atoms with van der Waals surface area (Å²) in [5.41, 5.74) is 2.11. The second-order valence-corrected chi connectivity index (χ2v) is 3.61. The maximum Gasteiger partial charge on any atom is 0.166 e. The van der Waals surface area contributed by atoms with Gasteiger partial charge in [-0.25, -0.2) is 0 Å². The van der Waals surface area contributed by atoms with E-state index in [1.54, 1.807) is 0 Å². The molecule has 0 saturated heterocycles. The van der Waals surface area contributed by atoms with Gasteiger partial charge in [0.15, 0.2) is 5.78 Å². The number of hydrogen-bond acceptors (Lipinski definition) is 3. The van der Waals surface area contributed by atoms with Gasteiger partial charge in [0.05, 0.1) is 5.57 Å². The van der Waals surface area contributed by atoms with Crippen molar-refractivity contribution in [1.82, 2.24) is 5.32 Å². The molecule has 0 heterocycles. The Morgan fingerprint density at radius 1 is 1.50 bits per heavy atom. The van der Waals surface area contributed by atoms with Gasteiger partial charge in [0.1, 0.15) is 0 Å². The minimum absolute atomic E-state index is 0.138. The lowest BCUT2D eigenvalue weighted by atomic mass is 9.89. The molecular formula is C11H18N2O. The molecule has 0 amide bonds. The molecule has 3 heteroatoms. The molecule has 0 aliphatic heterocycles. The van der Waals surface area contributed by atoms with Crippen molar-refractivity contribution in [2.75, 3.05) is 7.05 Å². The third-order valence-corrected chi connectivity index (χ3v) is 2.51. The molecule has 0 bridgehead atoms. The fourth-order valence-electron chi connectivity index (χ4n) is 1.82. The van der Waals surface area contributed by atoms with Gasteiger partial charge in [0, 0.05) is 24.9 Å². The van der Waals surface area contributed by atoms with Crippen LogP contribution in [-0.4, -0.2) is 18.5 Å². The molecule has 1 saturated carbocycles. The molecule has 1 aliphatic rings. The van der Waals surface area contributed by atoms with Gasteiger partial charge < -0.3 is 10.7 Å². The number of ketones is 1. The highest BCUT2D eigenvalue weighted by Crippen LogP contribution is 2.21. The van der Waals surface area contributed by atoms with Crippen LogP contribution in [0, 0.1) is 5.41 Å². The average molecular weight is 194 g/mol. The van der Waals surface area contributed by atoms with Gasteiger partial charge in [-0.1, -0.05) is 13.3 Å². The normalized spacial score (nSPS) is 21.0. The van der Waals surface area contributed by atoms with E-state index in [1.807, 2.05) is 7.05 Å². The van der Waals surface area contributed by atoms with Gasteiger partial charge in [-0.05, 0) is 19.3 Å². The number of carbonyl (C=O) groups excluding carboxylic acids is 1. The van der Waals surface area contributed by atoms with Gasteiger partial charge >= 0.3 is 0 Å². The average Bonchev–Trinajstić information content (AvgIpc) is 2.16. The number of nitrogens with one attached hydrogen (secondary N) is 2. The first kappa shape index (κ1) is 11.0. The zero-order valence-electron chi connectivity index (χ0n) is 8.94. The molecule has 0 atom stereocenters. The summed E-state index contributed by atoms with van der Waals surface area (Å²) in [6.07, 6.45) is 4.05. The Kier molecular flexibility index (Phi) is 3.86. The first-order chi connectivity index (χ1) is 6.70. The predicted molar refractivity (Wildman–Crippen MR) is 57.6 cm³/mol. The van der Waals surface area contributed by atoms with E-state index in [0.717, 1.165) is 31.4 Å². The van der Waals surface area contributed by atoms with Crippen LogP contribution in [-0.2, 0) is 4.79 Å². The quantitative estimate of drug-likeness (QED) is 0.675. The summed E-state index contributed by atoms with van der Waals surface area (Å²) in [5.74, 6) is 0.138. The summed E-state index contributed by atoms with van der Waals surface area (Å²) >= 11 is 0. The standard InChI is InChI=1S/C11H18N2O/c1-3-5-9(13-2)11-8(12)6-4-7-10(11)14/h12-13H,3-7H2,1-2H3/b11-9+,12-8?. The molecule has 0 aromatic rings. The van der Waals surface area contributed by atoms with E-state index in [-0.39, 0.29) is 5.78 Å². The highest BCUT2D eigenvalue weighted by Gasteiger charge is 2.23. The lowest BCUT2D eigenvalue weighted by molar-refractivity contribution is -0.115. The van der Waals surface area contributed by atoms with E-state index in [4.69, 9.17) is 5.41 Å². The van der Waals surface area contributed by atoms with Crippen LogP contribution < -0.4 is 5.32 Å². The van der Waals surface area contributed by atoms with E-state index >= 15 is 0 Å². The van der Waals surface area contributed by atoms with Crippen LogP contribution in [0.1, 0.15) is 39.0 Å². The molecule has 2 N–H and O–H groups in total. The fourth-order valence-corrected chi connectivity index (χ4v) is 1.82. The molecule has 14 heavy (non-hydrogen) atoms. The lowest BCUT2D eigenvalue weighted by Crippen LogP contribution is -2.24. The van der Waals surface area contributed by atoms with Crippen LogP contribution in [0.3, 0.4) is 0 Å². The van der Waals surface area contributed by atoms with Crippen molar-refractivity contribution in [3.8, 4) is 0 Å². The first-order valence-corrected chi connectivity index (χ1v) is 5.22. The molecule has 78 valence electrons. The fraction of sp³-hybridized carbons (Fsp3) is 0.636. The maximum atomic E-state index is 11.6. The van der Waals surface area contributed by atoms with Crippen LogP contribution in [0.15, 0.2) is 11.3 Å². The lowest BCUT2D eigenvalue weighted by Gasteiger charge is -2.18. The molecule has 3 nitrogen and oxygen atoms in total. The monoisotopic (exact) mass is 194 g/mol. The second kappa shape index (κ2) is 4.94. The van der Waals surface area contributed by atoms with Crippen LogP contribution >= 0.6 is 0 Å². The Morgan fingerprint density at radius 2 is 2.21 bits per heavy atom. The Morgan fingerprint density at radius 3 is 2.71 bits per heavy atom. The summed E-state index contributed by atoms with van der Waals surface area (Å²) in [5, 5.41) is 10.8. The third kappa shape index (κ3) is 2.22. The van der Waals surface area contributed by atoms with Crippen molar-refractivity contribution in [2.24, 2.45) is 0 Å². The Bertz CT molecular complexity index is 261. The molecule has 0 radical (unpaired) electrons. The van der Waals surface area contributed by atoms with Crippen molar-refractivity contribution in [3.63, 3.8) is 0 Å². The van der Waals surface area contributed by atoms with Crippen LogP contribution in [0.5, 0.6) is 0 Å². The molecule has 0 unspecified atom stereocenters. The molecule has 0 aromatic heterocycles. The summed E-state index contributed by atoms with van der Waals surface area (Å²) in [4.78, 5) is 11.6. The minimum Gasteiger partial charge on any atom is -0.391 e. The van der Waals surface area contributed by atoms with Crippen molar-refractivity contribution in [2.45, 2.75) is 39.0 Å². The smallest absolute Gasteiger partial charge is 0.166 e. The van der Waals surface area contributed by atoms with Crippen molar-refractivity contribution in [1.29, 1.82) is 5.41 Å². The SMILES string of the molecule is CCC/C(NC)=C1/C(=N)CCCC1=O. The van der Waals surface area contributed by atoms with Crippen molar-refractivity contribution < 1.29 is 4.79 Å². The van der Waals surface area contributed by atoms with Gasteiger partial charge in [-0.2, -0.15) is 0 Å². The van der Waals surface area contributed by atoms with Crippen LogP contribution in [0.25, 0.3) is 0 Å². The highest BCUT2D eigenvalue weighted by atomic mass is 16.1. The number of carbonyl (C=O) groups is 1. The summed E-state index contributed by atoms with van der Waals surface area (Å²) in [6.45, 7) is 2.08. The Hall–Kier alpha value is -1.12. The molecule has 1 fully saturated rings. The van der Waals surface area contributed by atoms with E-state index < -0.39 is 0 Å². The zero-order valence-corrected chi connectivity index (χ0v) is 8.94. The second-order valence-electron chi connectivity index (χ2n) is 3.61. The largest absolute Gasteiger partial charge is 0.391 e. The first-order valence-electron chi connectivity index (χ1n) is 5.22. The molecule has 0 aromatic carbocycles. The minimum atomic E-state index is 0.138. The topological polar surface area (TPSA) is 53.0 Å². The van der Waals surface area contributed by atoms with E-state index in [2.05, 4.69) is 12.2 Å². The van der Waals surface area contributed by atoms with Gasteiger partial charge in [0.25, 0.3) is 0 Å². The summed E-state index contributed by atoms with van der Waals surface area (Å²) < 4.78 is 0. The number of rotatable bonds is 3. The summed E-state index contributed by atoms with van der Waals surface area (Å²) in [7, 11) is 1.83. The van der Waals surface area contributed by atoms with E-state index in [0.29, 0.717) is 17.7 Å². The van der Waals surface area contributed by atoms with Gasteiger partial charge in [-0.15, -0.1) is 0 Å². The van der Waals surface area contributed by atoms with Crippen molar-refractivity contribution in [3.05, 3.63) is 11.3 Å². The number of allylic oxidation sites excluding steroid dienone is 2. The van der Waals surface area contributed by atoms with Crippen LogP contribution in [0.4, 0.5) is 0 Å². The molecular weight excluding hydrogens is 176 g/mol. The van der Waals surface area contributed by atoms with Gasteiger partial charge in [0.2, 0.25) is 0 Å². The predicted octanol–water partition coefficient (Wildman–Crippen LogP) is 2.03. The molecule has 0 spiro atoms. The van der Waals surface area contributed by atoms with E-state index in [9.17, 15) is 4.79 Å². The van der Waals surface area contributed by atoms with Crippen LogP contribution in [0.2, 0.25) is 0 Å². The third-order valence-electron chi connectivity index (χ3n) is 2.51. The Balaban J connectivity index is 2.97. The zero-order chi connectivity index (χ0) is 10.6. The maximum absolute atomic E-state index is 11.6. The molecule has 1 rings (SSSR count). The number of hydrogen-bond donors (Lipinski definition) is 2. The molecule has 1 aliphatic carbocycles. The Labute approximate surface area is 85.1 Å². The number of Topliss-reactive ketones (excluding diaryl/α,β-unsaturated/α-hetero) is 1. The van der Waals surface area contributed by atoms with Crippen molar-refractivity contribution >= 4 is 11.5 Å². The highest BCUT2D eigenvalue weighted by molar-refractivity contribution is 6.23.